The molecule has 0 radical (unpaired) electrons. The molecule has 2 rings (SSSR count). The lowest BCUT2D eigenvalue weighted by Gasteiger charge is -2.26. The first-order valence-corrected chi connectivity index (χ1v) is 6.49. The maximum absolute atomic E-state index is 13.2. The smallest absolute Gasteiger partial charge is 0.123 e. The first-order chi connectivity index (χ1) is 7.66. The van der Waals surface area contributed by atoms with Crippen LogP contribution in [-0.2, 0) is 0 Å². The van der Waals surface area contributed by atoms with E-state index in [1.165, 1.54) is 6.07 Å². The number of thioether (sulfide) groups is 1. The summed E-state index contributed by atoms with van der Waals surface area (Å²) in [5.74, 6) is 0.848. The van der Waals surface area contributed by atoms with E-state index >= 15 is 0 Å². The quantitative estimate of drug-likeness (QED) is 0.852. The number of hydrogen-bond donors (Lipinski definition) is 2. The number of benzene rings is 1. The molecule has 0 saturated heterocycles. The standard InChI is InChI=1S/C12H16FNOS/c1-8(15)7-14-11-4-5-16-12-3-2-9(13)6-10(11)12/h2-3,6,8,11,14-15H,4-5,7H2,1H3/t8-,11?/m0/s1. The lowest BCUT2D eigenvalue weighted by molar-refractivity contribution is 0.185. The highest BCUT2D eigenvalue weighted by Gasteiger charge is 2.20. The number of rotatable bonds is 3. The van der Waals surface area contributed by atoms with Crippen molar-refractivity contribution in [1.82, 2.24) is 5.32 Å². The molecule has 1 aromatic rings. The first-order valence-electron chi connectivity index (χ1n) is 5.50. The molecule has 0 amide bonds. The Balaban J connectivity index is 2.15. The molecule has 0 aromatic heterocycles. The summed E-state index contributed by atoms with van der Waals surface area (Å²) >= 11 is 1.77. The Morgan fingerprint density at radius 2 is 2.44 bits per heavy atom. The minimum Gasteiger partial charge on any atom is -0.392 e. The van der Waals surface area contributed by atoms with Crippen LogP contribution in [0, 0.1) is 5.82 Å². The molecule has 2 N–H and O–H groups in total. The SMILES string of the molecule is C[C@H](O)CNC1CCSc2ccc(F)cc21. The van der Waals surface area contributed by atoms with Gasteiger partial charge in [0.2, 0.25) is 0 Å². The fourth-order valence-electron chi connectivity index (χ4n) is 1.89. The minimum atomic E-state index is -0.369. The number of aliphatic hydroxyl groups is 1. The Bertz CT molecular complexity index is 370. The van der Waals surface area contributed by atoms with Gasteiger partial charge in [-0.05, 0) is 42.9 Å². The van der Waals surface area contributed by atoms with Gasteiger partial charge < -0.3 is 10.4 Å². The second kappa shape index (κ2) is 5.17. The molecule has 1 aliphatic rings. The molecular weight excluding hydrogens is 225 g/mol. The summed E-state index contributed by atoms with van der Waals surface area (Å²) in [4.78, 5) is 1.15. The number of halogens is 1. The summed E-state index contributed by atoms with van der Waals surface area (Å²) in [5.41, 5.74) is 1.02. The number of fused-ring (bicyclic) bond motifs is 1. The lowest BCUT2D eigenvalue weighted by atomic mass is 10.0. The van der Waals surface area contributed by atoms with Crippen molar-refractivity contribution in [2.75, 3.05) is 12.3 Å². The van der Waals surface area contributed by atoms with Crippen LogP contribution in [0.3, 0.4) is 0 Å². The summed E-state index contributed by atoms with van der Waals surface area (Å²) in [6.07, 6.45) is 0.611. The van der Waals surface area contributed by atoms with Gasteiger partial charge in [0, 0.05) is 17.5 Å². The van der Waals surface area contributed by atoms with E-state index in [-0.39, 0.29) is 18.0 Å². The van der Waals surface area contributed by atoms with E-state index in [0.29, 0.717) is 6.54 Å². The third kappa shape index (κ3) is 2.75. The fraction of sp³-hybridized carbons (Fsp3) is 0.500. The Kier molecular flexibility index (Phi) is 3.84. The topological polar surface area (TPSA) is 32.3 Å². The molecule has 16 heavy (non-hydrogen) atoms. The van der Waals surface area contributed by atoms with Crippen molar-refractivity contribution < 1.29 is 9.50 Å². The van der Waals surface area contributed by atoms with Gasteiger partial charge in [0.05, 0.1) is 6.10 Å². The van der Waals surface area contributed by atoms with E-state index in [1.807, 2.05) is 6.07 Å². The van der Waals surface area contributed by atoms with Gasteiger partial charge >= 0.3 is 0 Å². The van der Waals surface area contributed by atoms with Crippen LogP contribution in [0.25, 0.3) is 0 Å². The van der Waals surface area contributed by atoms with Gasteiger partial charge in [-0.3, -0.25) is 0 Å². The minimum absolute atomic E-state index is 0.168. The largest absolute Gasteiger partial charge is 0.392 e. The third-order valence-corrected chi connectivity index (χ3v) is 3.79. The highest BCUT2D eigenvalue weighted by atomic mass is 32.2. The molecule has 1 aliphatic heterocycles. The van der Waals surface area contributed by atoms with Crippen molar-refractivity contribution in [2.45, 2.75) is 30.4 Å². The van der Waals surface area contributed by atoms with Crippen LogP contribution < -0.4 is 5.32 Å². The van der Waals surface area contributed by atoms with Gasteiger partial charge in [-0.25, -0.2) is 4.39 Å². The summed E-state index contributed by atoms with van der Waals surface area (Å²) < 4.78 is 13.2. The van der Waals surface area contributed by atoms with Crippen molar-refractivity contribution in [2.24, 2.45) is 0 Å². The molecular formula is C12H16FNOS. The van der Waals surface area contributed by atoms with E-state index in [0.717, 1.165) is 22.6 Å². The summed E-state index contributed by atoms with van der Waals surface area (Å²) in [7, 11) is 0. The fourth-order valence-corrected chi connectivity index (χ4v) is 3.00. The number of hydrogen-bond acceptors (Lipinski definition) is 3. The van der Waals surface area contributed by atoms with Gasteiger partial charge in [-0.2, -0.15) is 0 Å². The molecule has 0 spiro atoms. The van der Waals surface area contributed by atoms with Crippen molar-refractivity contribution in [3.63, 3.8) is 0 Å². The molecule has 88 valence electrons. The second-order valence-corrected chi connectivity index (χ2v) is 5.27. The lowest BCUT2D eigenvalue weighted by Crippen LogP contribution is -2.30. The van der Waals surface area contributed by atoms with Gasteiger partial charge in [-0.15, -0.1) is 11.8 Å². The number of aliphatic hydroxyl groups excluding tert-OH is 1. The zero-order valence-electron chi connectivity index (χ0n) is 9.24. The van der Waals surface area contributed by atoms with E-state index in [4.69, 9.17) is 0 Å². The van der Waals surface area contributed by atoms with Crippen LogP contribution in [-0.4, -0.2) is 23.5 Å². The maximum atomic E-state index is 13.2. The molecule has 2 nitrogen and oxygen atoms in total. The second-order valence-electron chi connectivity index (χ2n) is 4.13. The Morgan fingerprint density at radius 1 is 1.62 bits per heavy atom. The molecule has 0 bridgehead atoms. The molecule has 2 atom stereocenters. The van der Waals surface area contributed by atoms with Crippen LogP contribution in [0.2, 0.25) is 0 Å². The van der Waals surface area contributed by atoms with E-state index < -0.39 is 0 Å². The summed E-state index contributed by atoms with van der Waals surface area (Å²) in [6, 6.07) is 5.11. The highest BCUT2D eigenvalue weighted by molar-refractivity contribution is 7.99. The van der Waals surface area contributed by atoms with Crippen molar-refractivity contribution in [3.8, 4) is 0 Å². The predicted octanol–water partition coefficient (Wildman–Crippen LogP) is 2.33. The number of nitrogens with one attached hydrogen (secondary N) is 1. The zero-order chi connectivity index (χ0) is 11.5. The van der Waals surface area contributed by atoms with Gasteiger partial charge in [0.1, 0.15) is 5.82 Å². The third-order valence-electron chi connectivity index (χ3n) is 2.67. The summed E-state index contributed by atoms with van der Waals surface area (Å²) in [5, 5.41) is 12.5. The zero-order valence-corrected chi connectivity index (χ0v) is 10.1. The monoisotopic (exact) mass is 241 g/mol. The molecule has 0 saturated carbocycles. The Morgan fingerprint density at radius 3 is 3.19 bits per heavy atom. The highest BCUT2D eigenvalue weighted by Crippen LogP contribution is 2.36. The normalized spacial score (nSPS) is 21.6. The van der Waals surface area contributed by atoms with Crippen molar-refractivity contribution >= 4 is 11.8 Å². The van der Waals surface area contributed by atoms with Crippen LogP contribution in [0.5, 0.6) is 0 Å². The van der Waals surface area contributed by atoms with E-state index in [1.54, 1.807) is 24.8 Å². The molecule has 1 heterocycles. The van der Waals surface area contributed by atoms with E-state index in [2.05, 4.69) is 5.32 Å². The molecule has 4 heteroatoms. The van der Waals surface area contributed by atoms with E-state index in [9.17, 15) is 9.50 Å². The predicted molar refractivity (Wildman–Crippen MR) is 64.2 cm³/mol. The molecule has 1 aromatic carbocycles. The maximum Gasteiger partial charge on any atom is 0.123 e. The van der Waals surface area contributed by atoms with Crippen molar-refractivity contribution in [3.05, 3.63) is 29.6 Å². The van der Waals surface area contributed by atoms with Crippen LogP contribution in [0.15, 0.2) is 23.1 Å². The molecule has 0 aliphatic carbocycles. The van der Waals surface area contributed by atoms with Gasteiger partial charge in [-0.1, -0.05) is 0 Å². The van der Waals surface area contributed by atoms with Gasteiger partial charge in [0.15, 0.2) is 0 Å². The molecule has 1 unspecified atom stereocenters. The van der Waals surface area contributed by atoms with Crippen LogP contribution in [0.4, 0.5) is 4.39 Å². The summed E-state index contributed by atoms with van der Waals surface area (Å²) in [6.45, 7) is 2.29. The molecule has 0 fully saturated rings. The van der Waals surface area contributed by atoms with Crippen molar-refractivity contribution in [1.29, 1.82) is 0 Å². The first kappa shape index (κ1) is 11.9. The average molecular weight is 241 g/mol. The van der Waals surface area contributed by atoms with Gasteiger partial charge in [0.25, 0.3) is 0 Å². The van der Waals surface area contributed by atoms with Crippen LogP contribution in [0.1, 0.15) is 24.9 Å². The average Bonchev–Trinajstić information content (AvgIpc) is 2.26. The van der Waals surface area contributed by atoms with Crippen LogP contribution >= 0.6 is 11.8 Å². The Labute approximate surface area is 99.2 Å². The Hall–Kier alpha value is -0.580.